The van der Waals surface area contributed by atoms with E-state index in [9.17, 15) is 4.79 Å². The Labute approximate surface area is 141 Å². The first kappa shape index (κ1) is 17.5. The zero-order valence-electron chi connectivity index (χ0n) is 13.6. The first-order chi connectivity index (χ1) is 11.2. The maximum absolute atomic E-state index is 12.2. The third-order valence-electron chi connectivity index (χ3n) is 3.53. The molecule has 0 bridgehead atoms. The summed E-state index contributed by atoms with van der Waals surface area (Å²) >= 11 is 1.62. The number of hydrogen-bond acceptors (Lipinski definition) is 4. The smallest absolute Gasteiger partial charge is 0.251 e. The summed E-state index contributed by atoms with van der Waals surface area (Å²) in [5, 5.41) is 6.94. The van der Waals surface area contributed by atoms with Gasteiger partial charge in [-0.2, -0.15) is 11.3 Å². The predicted octanol–water partition coefficient (Wildman–Crippen LogP) is 4.04. The van der Waals surface area contributed by atoms with Gasteiger partial charge >= 0.3 is 0 Å². The van der Waals surface area contributed by atoms with Crippen molar-refractivity contribution in [3.8, 4) is 5.75 Å². The number of rotatable bonds is 9. The minimum Gasteiger partial charge on any atom is -0.494 e. The number of methoxy groups -OCH3 is 1. The van der Waals surface area contributed by atoms with Gasteiger partial charge in [-0.25, -0.2) is 0 Å². The number of carbonyl (C=O) groups is 1. The van der Waals surface area contributed by atoms with E-state index in [1.54, 1.807) is 30.6 Å². The number of thiophene rings is 1. The summed E-state index contributed by atoms with van der Waals surface area (Å²) < 4.78 is 11.0. The van der Waals surface area contributed by atoms with Crippen LogP contribution in [0.1, 0.15) is 41.8 Å². The van der Waals surface area contributed by atoms with Crippen LogP contribution in [0.3, 0.4) is 0 Å². The van der Waals surface area contributed by atoms with Crippen molar-refractivity contribution in [3.63, 3.8) is 0 Å². The Morgan fingerprint density at radius 3 is 2.65 bits per heavy atom. The number of ether oxygens (including phenoxy) is 2. The summed E-state index contributed by atoms with van der Waals surface area (Å²) in [6, 6.07) is 9.23. The maximum Gasteiger partial charge on any atom is 0.251 e. The molecule has 0 spiro atoms. The molecule has 0 radical (unpaired) electrons. The third kappa shape index (κ3) is 5.37. The predicted molar refractivity (Wildman–Crippen MR) is 93.2 cm³/mol. The van der Waals surface area contributed by atoms with Crippen molar-refractivity contribution >= 4 is 17.2 Å². The SMILES string of the molecule is CCCCOc1ccc(C(=O)NC[C@@H](OC)c2ccsc2)cc1. The molecule has 1 atom stereocenters. The van der Waals surface area contributed by atoms with Crippen LogP contribution in [-0.4, -0.2) is 26.2 Å². The minimum atomic E-state index is -0.123. The molecule has 1 heterocycles. The van der Waals surface area contributed by atoms with Crippen LogP contribution in [0.15, 0.2) is 41.1 Å². The van der Waals surface area contributed by atoms with Crippen molar-refractivity contribution in [2.24, 2.45) is 0 Å². The summed E-state index contributed by atoms with van der Waals surface area (Å²) in [6.07, 6.45) is 2.01. The summed E-state index contributed by atoms with van der Waals surface area (Å²) in [5.41, 5.74) is 1.70. The summed E-state index contributed by atoms with van der Waals surface area (Å²) in [6.45, 7) is 3.28. The van der Waals surface area contributed by atoms with Crippen LogP contribution in [-0.2, 0) is 4.74 Å². The van der Waals surface area contributed by atoms with E-state index in [1.165, 1.54) is 0 Å². The van der Waals surface area contributed by atoms with Gasteiger partial charge in [0.1, 0.15) is 11.9 Å². The van der Waals surface area contributed by atoms with Crippen LogP contribution in [0.2, 0.25) is 0 Å². The van der Waals surface area contributed by atoms with Gasteiger partial charge in [-0.1, -0.05) is 13.3 Å². The molecule has 124 valence electrons. The molecule has 1 aromatic carbocycles. The molecule has 0 aliphatic rings. The Hall–Kier alpha value is -1.85. The average Bonchev–Trinajstić information content (AvgIpc) is 3.10. The van der Waals surface area contributed by atoms with Crippen LogP contribution in [0.25, 0.3) is 0 Å². The standard InChI is InChI=1S/C18H23NO3S/c1-3-4-10-22-16-7-5-14(6-8-16)18(20)19-12-17(21-2)15-9-11-23-13-15/h5-9,11,13,17H,3-4,10,12H2,1-2H3,(H,19,20)/t17-/m1/s1. The third-order valence-corrected chi connectivity index (χ3v) is 4.23. The van der Waals surface area contributed by atoms with Gasteiger partial charge in [0.05, 0.1) is 6.61 Å². The van der Waals surface area contributed by atoms with E-state index in [-0.39, 0.29) is 12.0 Å². The molecular formula is C18H23NO3S. The molecule has 0 aliphatic carbocycles. The van der Waals surface area contributed by atoms with Crippen LogP contribution >= 0.6 is 11.3 Å². The van der Waals surface area contributed by atoms with Crippen molar-refractivity contribution in [3.05, 3.63) is 52.2 Å². The maximum atomic E-state index is 12.2. The Balaban J connectivity index is 1.85. The molecule has 23 heavy (non-hydrogen) atoms. The first-order valence-corrected chi connectivity index (χ1v) is 8.74. The quantitative estimate of drug-likeness (QED) is 0.704. The lowest BCUT2D eigenvalue weighted by atomic mass is 10.1. The van der Waals surface area contributed by atoms with E-state index in [4.69, 9.17) is 9.47 Å². The van der Waals surface area contributed by atoms with Crippen LogP contribution in [0.4, 0.5) is 0 Å². The molecule has 1 aromatic heterocycles. The number of amides is 1. The van der Waals surface area contributed by atoms with E-state index in [2.05, 4.69) is 12.2 Å². The second kappa shape index (κ2) is 9.33. The molecule has 0 aliphatic heterocycles. The number of unbranched alkanes of at least 4 members (excludes halogenated alkanes) is 1. The summed E-state index contributed by atoms with van der Waals surface area (Å²) in [7, 11) is 1.65. The topological polar surface area (TPSA) is 47.6 Å². The number of nitrogens with one attached hydrogen (secondary N) is 1. The van der Waals surface area contributed by atoms with E-state index >= 15 is 0 Å². The highest BCUT2D eigenvalue weighted by molar-refractivity contribution is 7.07. The van der Waals surface area contributed by atoms with E-state index in [1.807, 2.05) is 29.0 Å². The molecule has 1 N–H and O–H groups in total. The van der Waals surface area contributed by atoms with Crippen LogP contribution in [0, 0.1) is 0 Å². The molecule has 4 nitrogen and oxygen atoms in total. The van der Waals surface area contributed by atoms with Crippen molar-refractivity contribution in [2.45, 2.75) is 25.9 Å². The fourth-order valence-electron chi connectivity index (χ4n) is 2.12. The van der Waals surface area contributed by atoms with Crippen molar-refractivity contribution in [1.82, 2.24) is 5.32 Å². The average molecular weight is 333 g/mol. The fourth-order valence-corrected chi connectivity index (χ4v) is 2.82. The molecule has 0 saturated carbocycles. The number of hydrogen-bond donors (Lipinski definition) is 1. The molecule has 0 saturated heterocycles. The monoisotopic (exact) mass is 333 g/mol. The fraction of sp³-hybridized carbons (Fsp3) is 0.389. The van der Waals surface area contributed by atoms with Crippen LogP contribution in [0.5, 0.6) is 5.75 Å². The first-order valence-electron chi connectivity index (χ1n) is 7.80. The Morgan fingerprint density at radius 2 is 2.04 bits per heavy atom. The Bertz CT molecular complexity index is 581. The molecule has 0 fully saturated rings. The highest BCUT2D eigenvalue weighted by atomic mass is 32.1. The van der Waals surface area contributed by atoms with Crippen molar-refractivity contribution in [1.29, 1.82) is 0 Å². The van der Waals surface area contributed by atoms with Gasteiger partial charge in [-0.05, 0) is 53.1 Å². The van der Waals surface area contributed by atoms with Crippen LogP contribution < -0.4 is 10.1 Å². The minimum absolute atomic E-state index is 0.109. The summed E-state index contributed by atoms with van der Waals surface area (Å²) in [4.78, 5) is 12.2. The zero-order valence-corrected chi connectivity index (χ0v) is 14.4. The largest absolute Gasteiger partial charge is 0.494 e. The Kier molecular flexibility index (Phi) is 7.10. The van der Waals surface area contributed by atoms with E-state index in [0.717, 1.165) is 24.2 Å². The number of carbonyl (C=O) groups excluding carboxylic acids is 1. The van der Waals surface area contributed by atoms with E-state index < -0.39 is 0 Å². The van der Waals surface area contributed by atoms with Crippen molar-refractivity contribution in [2.75, 3.05) is 20.3 Å². The lowest BCUT2D eigenvalue weighted by Gasteiger charge is -2.15. The molecule has 2 rings (SSSR count). The normalized spacial score (nSPS) is 11.9. The van der Waals surface area contributed by atoms with Gasteiger partial charge < -0.3 is 14.8 Å². The molecule has 0 unspecified atom stereocenters. The highest BCUT2D eigenvalue weighted by Gasteiger charge is 2.13. The molecule has 5 heteroatoms. The van der Waals surface area contributed by atoms with E-state index in [0.29, 0.717) is 18.7 Å². The zero-order chi connectivity index (χ0) is 16.5. The van der Waals surface area contributed by atoms with Crippen molar-refractivity contribution < 1.29 is 14.3 Å². The Morgan fingerprint density at radius 1 is 1.26 bits per heavy atom. The van der Waals surface area contributed by atoms with Gasteiger partial charge in [0.25, 0.3) is 5.91 Å². The van der Waals surface area contributed by atoms with Gasteiger partial charge in [0.15, 0.2) is 0 Å². The van der Waals surface area contributed by atoms with Gasteiger partial charge in [0, 0.05) is 19.2 Å². The molecular weight excluding hydrogens is 310 g/mol. The van der Waals surface area contributed by atoms with Gasteiger partial charge in [0.2, 0.25) is 0 Å². The lowest BCUT2D eigenvalue weighted by Crippen LogP contribution is -2.28. The molecule has 2 aromatic rings. The molecule has 1 amide bonds. The lowest BCUT2D eigenvalue weighted by molar-refractivity contribution is 0.0829. The van der Waals surface area contributed by atoms with Gasteiger partial charge in [-0.3, -0.25) is 4.79 Å². The summed E-state index contributed by atoms with van der Waals surface area (Å²) in [5.74, 6) is 0.686. The second-order valence-corrected chi connectivity index (χ2v) is 6.00. The van der Waals surface area contributed by atoms with Gasteiger partial charge in [-0.15, -0.1) is 0 Å². The number of benzene rings is 1. The second-order valence-electron chi connectivity index (χ2n) is 5.22. The highest BCUT2D eigenvalue weighted by Crippen LogP contribution is 2.19.